The van der Waals surface area contributed by atoms with Gasteiger partial charge in [0.15, 0.2) is 0 Å². The summed E-state index contributed by atoms with van der Waals surface area (Å²) < 4.78 is 6.90. The fourth-order valence-electron chi connectivity index (χ4n) is 3.49. The Morgan fingerprint density at radius 3 is 1.86 bits per heavy atom. The molecule has 1 aliphatic rings. The lowest BCUT2D eigenvalue weighted by Crippen LogP contribution is -2.63. The summed E-state index contributed by atoms with van der Waals surface area (Å²) in [6.07, 6.45) is 3.68. The van der Waals surface area contributed by atoms with Crippen molar-refractivity contribution in [2.75, 3.05) is 0 Å². The van der Waals surface area contributed by atoms with Gasteiger partial charge in [-0.05, 0) is 36.7 Å². The Kier molecular flexibility index (Phi) is 4.00. The van der Waals surface area contributed by atoms with Crippen molar-refractivity contribution in [2.24, 2.45) is 0 Å². The van der Waals surface area contributed by atoms with Gasteiger partial charge in [0.25, 0.3) is 8.32 Å². The molecule has 1 nitrogen and oxygen atoms in total. The Morgan fingerprint density at radius 1 is 0.810 bits per heavy atom. The SMILES string of the molecule is CC1(C)CCCC[Si](c2ccccc2)(c2ccccc2)O1. The van der Waals surface area contributed by atoms with Gasteiger partial charge < -0.3 is 4.43 Å². The predicted molar refractivity (Wildman–Crippen MR) is 91.7 cm³/mol. The van der Waals surface area contributed by atoms with Crippen LogP contribution in [0.5, 0.6) is 0 Å². The van der Waals surface area contributed by atoms with Crippen molar-refractivity contribution in [1.82, 2.24) is 0 Å². The monoisotopic (exact) mass is 296 g/mol. The molecule has 2 aromatic carbocycles. The van der Waals surface area contributed by atoms with E-state index in [1.54, 1.807) is 0 Å². The van der Waals surface area contributed by atoms with E-state index in [9.17, 15) is 0 Å². The maximum Gasteiger partial charge on any atom is 0.256 e. The first kappa shape index (κ1) is 14.5. The van der Waals surface area contributed by atoms with Crippen LogP contribution in [-0.4, -0.2) is 13.9 Å². The van der Waals surface area contributed by atoms with Crippen LogP contribution in [-0.2, 0) is 4.43 Å². The smallest absolute Gasteiger partial charge is 0.256 e. The average Bonchev–Trinajstić information content (AvgIpc) is 2.68. The molecule has 0 aromatic heterocycles. The van der Waals surface area contributed by atoms with E-state index in [2.05, 4.69) is 74.5 Å². The molecule has 3 rings (SSSR count). The number of rotatable bonds is 2. The molecule has 0 bridgehead atoms. The minimum Gasteiger partial charge on any atom is -0.403 e. The molecule has 1 aliphatic heterocycles. The quantitative estimate of drug-likeness (QED) is 0.767. The highest BCUT2D eigenvalue weighted by molar-refractivity contribution is 6.97. The molecule has 1 saturated heterocycles. The zero-order chi connectivity index (χ0) is 14.8. The fourth-order valence-corrected chi connectivity index (χ4v) is 7.99. The van der Waals surface area contributed by atoms with Gasteiger partial charge in [0.05, 0.1) is 5.60 Å². The van der Waals surface area contributed by atoms with Crippen LogP contribution in [0, 0.1) is 0 Å². The summed E-state index contributed by atoms with van der Waals surface area (Å²) in [6.45, 7) is 4.51. The molecule has 0 radical (unpaired) electrons. The van der Waals surface area contributed by atoms with Crippen molar-refractivity contribution in [3.63, 3.8) is 0 Å². The lowest BCUT2D eigenvalue weighted by atomic mass is 10.0. The molecule has 2 heteroatoms. The van der Waals surface area contributed by atoms with Crippen molar-refractivity contribution in [3.05, 3.63) is 60.7 Å². The van der Waals surface area contributed by atoms with Crippen molar-refractivity contribution in [3.8, 4) is 0 Å². The summed E-state index contributed by atoms with van der Waals surface area (Å²) in [6, 6.07) is 23.0. The maximum absolute atomic E-state index is 6.90. The largest absolute Gasteiger partial charge is 0.403 e. The lowest BCUT2D eigenvalue weighted by molar-refractivity contribution is 0.0994. The van der Waals surface area contributed by atoms with Crippen molar-refractivity contribution in [2.45, 2.75) is 44.8 Å². The number of hydrogen-bond acceptors (Lipinski definition) is 1. The minimum absolute atomic E-state index is 0.0333. The molecule has 0 unspecified atom stereocenters. The van der Waals surface area contributed by atoms with Crippen LogP contribution in [0.2, 0.25) is 6.04 Å². The Balaban J connectivity index is 2.15. The molecule has 0 atom stereocenters. The third-order valence-corrected chi connectivity index (χ3v) is 8.98. The first-order chi connectivity index (χ1) is 10.1. The van der Waals surface area contributed by atoms with E-state index in [1.165, 1.54) is 29.3 Å². The fraction of sp³-hybridized carbons (Fsp3) is 0.368. The Morgan fingerprint density at radius 2 is 1.33 bits per heavy atom. The van der Waals surface area contributed by atoms with Gasteiger partial charge in [0.1, 0.15) is 0 Å². The normalized spacial score (nSPS) is 20.7. The van der Waals surface area contributed by atoms with Crippen LogP contribution in [0.1, 0.15) is 33.1 Å². The van der Waals surface area contributed by atoms with E-state index in [0.29, 0.717) is 0 Å². The van der Waals surface area contributed by atoms with Gasteiger partial charge >= 0.3 is 0 Å². The highest BCUT2D eigenvalue weighted by Crippen LogP contribution is 2.31. The van der Waals surface area contributed by atoms with Crippen molar-refractivity contribution < 1.29 is 4.43 Å². The van der Waals surface area contributed by atoms with Gasteiger partial charge in [-0.2, -0.15) is 0 Å². The number of hydrogen-bond donors (Lipinski definition) is 0. The van der Waals surface area contributed by atoms with E-state index in [4.69, 9.17) is 4.43 Å². The lowest BCUT2D eigenvalue weighted by Gasteiger charge is -2.38. The maximum atomic E-state index is 6.90. The van der Waals surface area contributed by atoms with Crippen LogP contribution < -0.4 is 10.4 Å². The van der Waals surface area contributed by atoms with Gasteiger partial charge in [0, 0.05) is 0 Å². The minimum atomic E-state index is -2.12. The molecule has 0 aliphatic carbocycles. The van der Waals surface area contributed by atoms with Gasteiger partial charge in [-0.15, -0.1) is 0 Å². The summed E-state index contributed by atoms with van der Waals surface area (Å²) in [5.41, 5.74) is -0.0333. The zero-order valence-electron chi connectivity index (χ0n) is 13.0. The third kappa shape index (κ3) is 2.97. The highest BCUT2D eigenvalue weighted by Gasteiger charge is 2.44. The molecule has 2 aromatic rings. The summed E-state index contributed by atoms with van der Waals surface area (Å²) in [7, 11) is -2.12. The third-order valence-electron chi connectivity index (χ3n) is 4.49. The molecular weight excluding hydrogens is 272 g/mol. The molecule has 0 saturated carbocycles. The Bertz CT molecular complexity index is 538. The second kappa shape index (κ2) is 5.78. The van der Waals surface area contributed by atoms with Gasteiger partial charge in [0.2, 0.25) is 0 Å². The summed E-state index contributed by atoms with van der Waals surface area (Å²) in [5.74, 6) is 0. The first-order valence-electron chi connectivity index (χ1n) is 7.94. The van der Waals surface area contributed by atoms with Crippen LogP contribution in [0.3, 0.4) is 0 Å². The van der Waals surface area contributed by atoms with Crippen LogP contribution >= 0.6 is 0 Å². The van der Waals surface area contributed by atoms with Crippen LogP contribution in [0.25, 0.3) is 0 Å². The second-order valence-electron chi connectivity index (χ2n) is 6.63. The van der Waals surface area contributed by atoms with Gasteiger partial charge in [-0.25, -0.2) is 0 Å². The molecule has 0 spiro atoms. The van der Waals surface area contributed by atoms with Crippen LogP contribution in [0.15, 0.2) is 60.7 Å². The summed E-state index contributed by atoms with van der Waals surface area (Å²) in [5, 5.41) is 2.82. The van der Waals surface area contributed by atoms with E-state index < -0.39 is 8.32 Å². The highest BCUT2D eigenvalue weighted by atomic mass is 28.4. The molecule has 21 heavy (non-hydrogen) atoms. The summed E-state index contributed by atoms with van der Waals surface area (Å²) in [4.78, 5) is 0. The second-order valence-corrected chi connectivity index (χ2v) is 10.1. The Labute approximate surface area is 129 Å². The predicted octanol–water partition coefficient (Wildman–Crippen LogP) is 3.73. The van der Waals surface area contributed by atoms with Crippen molar-refractivity contribution >= 4 is 18.7 Å². The molecule has 110 valence electrons. The van der Waals surface area contributed by atoms with E-state index in [0.717, 1.165) is 6.42 Å². The molecular formula is C19H24OSi. The standard InChI is InChI=1S/C19H24OSi/c1-19(2)15-9-10-16-21(20-19,17-11-5-3-6-12-17)18-13-7-4-8-14-18/h3-8,11-14H,9-10,15-16H2,1-2H3. The molecule has 0 amide bonds. The van der Waals surface area contributed by atoms with E-state index >= 15 is 0 Å². The Hall–Kier alpha value is -1.38. The zero-order valence-corrected chi connectivity index (χ0v) is 14.0. The molecule has 1 fully saturated rings. The first-order valence-corrected chi connectivity index (χ1v) is 10.1. The van der Waals surface area contributed by atoms with Crippen molar-refractivity contribution in [1.29, 1.82) is 0 Å². The molecule has 1 heterocycles. The van der Waals surface area contributed by atoms with E-state index in [-0.39, 0.29) is 5.60 Å². The van der Waals surface area contributed by atoms with Gasteiger partial charge in [-0.1, -0.05) is 73.5 Å². The van der Waals surface area contributed by atoms with Crippen LogP contribution in [0.4, 0.5) is 0 Å². The van der Waals surface area contributed by atoms with E-state index in [1.807, 2.05) is 0 Å². The topological polar surface area (TPSA) is 9.23 Å². The summed E-state index contributed by atoms with van der Waals surface area (Å²) >= 11 is 0. The number of benzene rings is 2. The van der Waals surface area contributed by atoms with Gasteiger partial charge in [-0.3, -0.25) is 0 Å². The molecule has 0 N–H and O–H groups in total. The average molecular weight is 296 g/mol.